The van der Waals surface area contributed by atoms with Crippen molar-refractivity contribution in [1.82, 2.24) is 9.55 Å². The van der Waals surface area contributed by atoms with Crippen molar-refractivity contribution < 1.29 is 9.47 Å². The lowest BCUT2D eigenvalue weighted by Crippen LogP contribution is -2.08. The van der Waals surface area contributed by atoms with Crippen LogP contribution in [0.3, 0.4) is 0 Å². The highest BCUT2D eigenvalue weighted by Crippen LogP contribution is 2.32. The van der Waals surface area contributed by atoms with Crippen LogP contribution in [0.5, 0.6) is 11.5 Å². The van der Waals surface area contributed by atoms with E-state index in [0.29, 0.717) is 12.3 Å². The molecule has 0 aliphatic heterocycles. The number of rotatable bonds is 11. The zero-order chi connectivity index (χ0) is 17.4. The topological polar surface area (TPSA) is 62.3 Å². The van der Waals surface area contributed by atoms with E-state index >= 15 is 0 Å². The monoisotopic (exact) mass is 333 g/mol. The normalized spacial score (nSPS) is 11.2. The Morgan fingerprint density at radius 2 is 1.58 bits per heavy atom. The maximum Gasteiger partial charge on any atom is 0.163 e. The molecule has 0 unspecified atom stereocenters. The van der Waals surface area contributed by atoms with Crippen LogP contribution in [0.2, 0.25) is 0 Å². The average molecular weight is 333 g/mol. The molecule has 134 valence electrons. The molecule has 0 spiro atoms. The SMILES string of the molecule is CCCCCCCCCn1c(CN)nc2cc(OC)c(OC)cc21. The van der Waals surface area contributed by atoms with Crippen molar-refractivity contribution >= 4 is 11.0 Å². The standard InChI is InChI=1S/C19H31N3O2/c1-4-5-6-7-8-9-10-11-22-16-13-18(24-3)17(23-2)12-15(16)21-19(22)14-20/h12-13H,4-11,14,20H2,1-3H3. The fourth-order valence-corrected chi connectivity index (χ4v) is 3.13. The molecule has 0 atom stereocenters. The molecule has 0 saturated carbocycles. The lowest BCUT2D eigenvalue weighted by atomic mass is 10.1. The highest BCUT2D eigenvalue weighted by Gasteiger charge is 2.14. The van der Waals surface area contributed by atoms with Crippen molar-refractivity contribution in [2.75, 3.05) is 14.2 Å². The number of benzene rings is 1. The van der Waals surface area contributed by atoms with Crippen LogP contribution in [0.25, 0.3) is 11.0 Å². The Kier molecular flexibility index (Phi) is 7.37. The van der Waals surface area contributed by atoms with Gasteiger partial charge < -0.3 is 19.8 Å². The Hall–Kier alpha value is -1.75. The van der Waals surface area contributed by atoms with Crippen LogP contribution in [0.1, 0.15) is 57.7 Å². The summed E-state index contributed by atoms with van der Waals surface area (Å²) < 4.78 is 13.0. The number of fused-ring (bicyclic) bond motifs is 1. The van der Waals surface area contributed by atoms with Gasteiger partial charge in [-0.3, -0.25) is 0 Å². The zero-order valence-corrected chi connectivity index (χ0v) is 15.3. The molecule has 24 heavy (non-hydrogen) atoms. The van der Waals surface area contributed by atoms with Gasteiger partial charge >= 0.3 is 0 Å². The van der Waals surface area contributed by atoms with Gasteiger partial charge in [-0.15, -0.1) is 0 Å². The zero-order valence-electron chi connectivity index (χ0n) is 15.3. The fraction of sp³-hybridized carbons (Fsp3) is 0.632. The number of hydrogen-bond donors (Lipinski definition) is 1. The summed E-state index contributed by atoms with van der Waals surface area (Å²) in [6.45, 7) is 3.64. The number of hydrogen-bond acceptors (Lipinski definition) is 4. The number of aryl methyl sites for hydroxylation is 1. The van der Waals surface area contributed by atoms with E-state index in [2.05, 4.69) is 16.5 Å². The minimum Gasteiger partial charge on any atom is -0.493 e. The van der Waals surface area contributed by atoms with E-state index in [-0.39, 0.29) is 0 Å². The van der Waals surface area contributed by atoms with Crippen LogP contribution in [-0.2, 0) is 13.1 Å². The molecule has 0 fully saturated rings. The summed E-state index contributed by atoms with van der Waals surface area (Å²) in [5, 5.41) is 0. The van der Waals surface area contributed by atoms with Gasteiger partial charge in [0.15, 0.2) is 11.5 Å². The first-order chi connectivity index (χ1) is 11.7. The summed E-state index contributed by atoms with van der Waals surface area (Å²) in [4.78, 5) is 4.66. The highest BCUT2D eigenvalue weighted by molar-refractivity contribution is 5.80. The summed E-state index contributed by atoms with van der Waals surface area (Å²) in [5.74, 6) is 2.36. The summed E-state index contributed by atoms with van der Waals surface area (Å²) in [6.07, 6.45) is 9.06. The van der Waals surface area contributed by atoms with E-state index in [1.54, 1.807) is 14.2 Å². The molecule has 1 aromatic carbocycles. The predicted molar refractivity (Wildman–Crippen MR) is 98.7 cm³/mol. The molecule has 1 heterocycles. The molecule has 0 amide bonds. The van der Waals surface area contributed by atoms with Crippen LogP contribution < -0.4 is 15.2 Å². The fourth-order valence-electron chi connectivity index (χ4n) is 3.13. The Balaban J connectivity index is 2.07. The van der Waals surface area contributed by atoms with Crippen LogP contribution in [-0.4, -0.2) is 23.8 Å². The van der Waals surface area contributed by atoms with E-state index in [1.165, 1.54) is 38.5 Å². The Labute approximate surface area is 145 Å². The largest absolute Gasteiger partial charge is 0.493 e. The van der Waals surface area contributed by atoms with Crippen molar-refractivity contribution in [3.8, 4) is 11.5 Å². The molecule has 5 heteroatoms. The molecule has 0 aliphatic rings. The van der Waals surface area contributed by atoms with Gasteiger partial charge in [-0.1, -0.05) is 45.4 Å². The van der Waals surface area contributed by atoms with Gasteiger partial charge in [0.2, 0.25) is 0 Å². The predicted octanol–water partition coefficient (Wildman–Crippen LogP) is 4.26. The van der Waals surface area contributed by atoms with Crippen LogP contribution in [0.4, 0.5) is 0 Å². The second kappa shape index (κ2) is 9.52. The molecular formula is C19H31N3O2. The molecule has 2 N–H and O–H groups in total. The van der Waals surface area contributed by atoms with E-state index in [9.17, 15) is 0 Å². The minimum atomic E-state index is 0.440. The third kappa shape index (κ3) is 4.41. The minimum absolute atomic E-state index is 0.440. The van der Waals surface area contributed by atoms with Crippen molar-refractivity contribution in [3.63, 3.8) is 0 Å². The third-order valence-corrected chi connectivity index (χ3v) is 4.50. The number of aromatic nitrogens is 2. The number of imidazole rings is 1. The first kappa shape index (κ1) is 18.6. The summed E-state index contributed by atoms with van der Waals surface area (Å²) in [5.41, 5.74) is 7.88. The molecule has 2 rings (SSSR count). The van der Waals surface area contributed by atoms with Crippen LogP contribution in [0, 0.1) is 0 Å². The van der Waals surface area contributed by atoms with Crippen LogP contribution in [0.15, 0.2) is 12.1 Å². The van der Waals surface area contributed by atoms with Gasteiger partial charge in [-0.25, -0.2) is 4.98 Å². The highest BCUT2D eigenvalue weighted by atomic mass is 16.5. The summed E-state index contributed by atoms with van der Waals surface area (Å²) >= 11 is 0. The molecule has 1 aromatic heterocycles. The number of nitrogens with two attached hydrogens (primary N) is 1. The lowest BCUT2D eigenvalue weighted by Gasteiger charge is -2.10. The first-order valence-corrected chi connectivity index (χ1v) is 9.06. The molecular weight excluding hydrogens is 302 g/mol. The number of nitrogens with zero attached hydrogens (tertiary/aromatic N) is 2. The summed E-state index contributed by atoms with van der Waals surface area (Å²) in [7, 11) is 3.30. The van der Waals surface area contributed by atoms with Gasteiger partial charge in [-0.05, 0) is 6.42 Å². The van der Waals surface area contributed by atoms with E-state index in [0.717, 1.165) is 35.6 Å². The quantitative estimate of drug-likeness (QED) is 0.624. The van der Waals surface area contributed by atoms with Gasteiger partial charge in [0.1, 0.15) is 5.82 Å². The Bertz CT molecular complexity index is 637. The second-order valence-electron chi connectivity index (χ2n) is 6.20. The van der Waals surface area contributed by atoms with Gasteiger partial charge in [0.05, 0.1) is 31.8 Å². The maximum atomic E-state index is 5.90. The smallest absolute Gasteiger partial charge is 0.163 e. The molecule has 0 aliphatic carbocycles. The van der Waals surface area contributed by atoms with Crippen molar-refractivity contribution in [2.24, 2.45) is 5.73 Å². The van der Waals surface area contributed by atoms with Crippen molar-refractivity contribution in [2.45, 2.75) is 65.0 Å². The Morgan fingerprint density at radius 3 is 2.21 bits per heavy atom. The van der Waals surface area contributed by atoms with E-state index < -0.39 is 0 Å². The van der Waals surface area contributed by atoms with Crippen molar-refractivity contribution in [1.29, 1.82) is 0 Å². The molecule has 2 aromatic rings. The van der Waals surface area contributed by atoms with E-state index in [1.807, 2.05) is 12.1 Å². The Morgan fingerprint density at radius 1 is 0.958 bits per heavy atom. The third-order valence-electron chi connectivity index (χ3n) is 4.50. The lowest BCUT2D eigenvalue weighted by molar-refractivity contribution is 0.355. The average Bonchev–Trinajstić information content (AvgIpc) is 2.96. The van der Waals surface area contributed by atoms with Crippen LogP contribution >= 0.6 is 0 Å². The first-order valence-electron chi connectivity index (χ1n) is 9.06. The number of unbranched alkanes of at least 4 members (excludes halogenated alkanes) is 6. The molecule has 0 bridgehead atoms. The van der Waals surface area contributed by atoms with Gasteiger partial charge in [-0.2, -0.15) is 0 Å². The molecule has 0 radical (unpaired) electrons. The van der Waals surface area contributed by atoms with E-state index in [4.69, 9.17) is 15.2 Å². The number of ether oxygens (including phenoxy) is 2. The van der Waals surface area contributed by atoms with Gasteiger partial charge in [0.25, 0.3) is 0 Å². The number of methoxy groups -OCH3 is 2. The maximum absolute atomic E-state index is 5.90. The molecule has 5 nitrogen and oxygen atoms in total. The van der Waals surface area contributed by atoms with Gasteiger partial charge in [0, 0.05) is 18.7 Å². The van der Waals surface area contributed by atoms with Crippen molar-refractivity contribution in [3.05, 3.63) is 18.0 Å². The molecule has 0 saturated heterocycles. The second-order valence-corrected chi connectivity index (χ2v) is 6.20. The summed E-state index contributed by atoms with van der Waals surface area (Å²) in [6, 6.07) is 3.93.